The van der Waals surface area contributed by atoms with E-state index in [1.54, 1.807) is 7.11 Å². The first-order valence-electron chi connectivity index (χ1n) is 12.9. The molecule has 2 aliphatic rings. The molecule has 5 rings (SSSR count). The minimum Gasteiger partial charge on any atom is -0.362 e. The number of rotatable bonds is 9. The number of ether oxygens (including phenoxy) is 2. The second-order valence-corrected chi connectivity index (χ2v) is 10.4. The van der Waals surface area contributed by atoms with Crippen molar-refractivity contribution in [3.8, 4) is 0 Å². The Labute approximate surface area is 221 Å². The van der Waals surface area contributed by atoms with E-state index in [2.05, 4.69) is 66.4 Å². The highest BCUT2D eigenvalue weighted by Crippen LogP contribution is 2.36. The SMILES string of the molecule is COC(C)NC(=O)CN1CCN(Cc2nc(C3CC(Cn4ccc5ccccc54)CC(Cl)O3)no2)CC1. The number of nitrogens with one attached hydrogen (secondary N) is 1. The van der Waals surface area contributed by atoms with Crippen LogP contribution >= 0.6 is 11.6 Å². The third kappa shape index (κ3) is 6.69. The van der Waals surface area contributed by atoms with Crippen LogP contribution in [0.5, 0.6) is 0 Å². The van der Waals surface area contributed by atoms with Crippen LogP contribution in [-0.2, 0) is 27.4 Å². The average molecular weight is 531 g/mol. The Balaban J connectivity index is 1.12. The number of fused-ring (bicyclic) bond motifs is 1. The monoisotopic (exact) mass is 530 g/mol. The molecule has 10 nitrogen and oxygen atoms in total. The van der Waals surface area contributed by atoms with Crippen LogP contribution in [0.3, 0.4) is 0 Å². The van der Waals surface area contributed by atoms with Gasteiger partial charge in [0, 0.05) is 51.5 Å². The summed E-state index contributed by atoms with van der Waals surface area (Å²) in [4.78, 5) is 21.1. The minimum atomic E-state index is -0.385. The maximum Gasteiger partial charge on any atom is 0.240 e. The van der Waals surface area contributed by atoms with Gasteiger partial charge in [0.1, 0.15) is 17.9 Å². The zero-order valence-corrected chi connectivity index (χ0v) is 22.1. The molecule has 2 aromatic heterocycles. The first-order valence-corrected chi connectivity index (χ1v) is 13.3. The van der Waals surface area contributed by atoms with Crippen LogP contribution in [-0.4, -0.2) is 82.0 Å². The number of hydrogen-bond acceptors (Lipinski definition) is 8. The van der Waals surface area contributed by atoms with Crippen LogP contribution in [0.25, 0.3) is 10.9 Å². The van der Waals surface area contributed by atoms with E-state index in [0.29, 0.717) is 30.7 Å². The molecule has 0 spiro atoms. The molecule has 2 aliphatic heterocycles. The Kier molecular flexibility index (Phi) is 8.41. The van der Waals surface area contributed by atoms with E-state index in [1.165, 1.54) is 10.9 Å². The Morgan fingerprint density at radius 2 is 1.97 bits per heavy atom. The van der Waals surface area contributed by atoms with Crippen molar-refractivity contribution in [3.63, 3.8) is 0 Å². The molecule has 0 aliphatic carbocycles. The molecule has 2 saturated heterocycles. The number of methoxy groups -OCH3 is 1. The first-order chi connectivity index (χ1) is 18.0. The van der Waals surface area contributed by atoms with E-state index in [-0.39, 0.29) is 23.8 Å². The standard InChI is InChI=1S/C26H35ClN6O4/c1-18(35-2)28-24(34)16-31-9-11-32(12-10-31)17-25-29-26(30-37-25)22-13-19(14-23(27)36-22)15-33-8-7-20-5-3-4-6-21(20)33/h3-8,18-19,22-23H,9-17H2,1-2H3,(H,28,34). The van der Waals surface area contributed by atoms with Crippen LogP contribution in [0.2, 0.25) is 0 Å². The van der Waals surface area contributed by atoms with Crippen LogP contribution < -0.4 is 5.32 Å². The topological polar surface area (TPSA) is 97.9 Å². The lowest BCUT2D eigenvalue weighted by molar-refractivity contribution is -0.126. The van der Waals surface area contributed by atoms with Gasteiger partial charge < -0.3 is 23.9 Å². The summed E-state index contributed by atoms with van der Waals surface area (Å²) in [6.07, 6.45) is 3.13. The lowest BCUT2D eigenvalue weighted by atomic mass is 9.95. The van der Waals surface area contributed by atoms with Crippen molar-refractivity contribution in [2.45, 2.75) is 50.7 Å². The average Bonchev–Trinajstić information content (AvgIpc) is 3.52. The van der Waals surface area contributed by atoms with Crippen molar-refractivity contribution in [1.82, 2.24) is 29.8 Å². The van der Waals surface area contributed by atoms with Gasteiger partial charge in [0.2, 0.25) is 17.6 Å². The molecule has 3 aromatic rings. The van der Waals surface area contributed by atoms with Crippen molar-refractivity contribution < 1.29 is 18.8 Å². The summed E-state index contributed by atoms with van der Waals surface area (Å²) in [6, 6.07) is 10.5. The van der Waals surface area contributed by atoms with Gasteiger partial charge in [-0.1, -0.05) is 35.0 Å². The minimum absolute atomic E-state index is 0.0299. The number of nitrogens with zero attached hydrogens (tertiary/aromatic N) is 5. The Hall–Kier alpha value is -2.50. The summed E-state index contributed by atoms with van der Waals surface area (Å²) in [6.45, 7) is 6.85. The molecule has 2 fully saturated rings. The summed E-state index contributed by atoms with van der Waals surface area (Å²) in [5, 5.41) is 8.29. The van der Waals surface area contributed by atoms with E-state index < -0.39 is 0 Å². The number of para-hydroxylation sites is 1. The molecule has 1 amide bonds. The number of carbonyl (C=O) groups is 1. The number of halogens is 1. The van der Waals surface area contributed by atoms with Gasteiger partial charge in [-0.15, -0.1) is 0 Å². The van der Waals surface area contributed by atoms with Gasteiger partial charge in [0.25, 0.3) is 0 Å². The van der Waals surface area contributed by atoms with E-state index in [4.69, 9.17) is 25.6 Å². The van der Waals surface area contributed by atoms with Crippen molar-refractivity contribution in [2.24, 2.45) is 5.92 Å². The highest BCUT2D eigenvalue weighted by molar-refractivity contribution is 6.19. The molecule has 4 heterocycles. The van der Waals surface area contributed by atoms with Crippen molar-refractivity contribution in [1.29, 1.82) is 0 Å². The van der Waals surface area contributed by atoms with Gasteiger partial charge in [-0.05, 0) is 43.2 Å². The number of benzene rings is 1. The van der Waals surface area contributed by atoms with Crippen molar-refractivity contribution in [3.05, 3.63) is 48.2 Å². The van der Waals surface area contributed by atoms with Gasteiger partial charge in [0.05, 0.1) is 13.1 Å². The van der Waals surface area contributed by atoms with Gasteiger partial charge in [-0.3, -0.25) is 14.6 Å². The molecule has 1 N–H and O–H groups in total. The molecule has 0 radical (unpaired) electrons. The maximum atomic E-state index is 12.1. The molecule has 37 heavy (non-hydrogen) atoms. The van der Waals surface area contributed by atoms with Crippen LogP contribution in [0, 0.1) is 5.92 Å². The largest absolute Gasteiger partial charge is 0.362 e. The molecule has 0 bridgehead atoms. The van der Waals surface area contributed by atoms with Crippen LogP contribution in [0.4, 0.5) is 0 Å². The van der Waals surface area contributed by atoms with Crippen LogP contribution in [0.15, 0.2) is 41.1 Å². The summed E-state index contributed by atoms with van der Waals surface area (Å²) >= 11 is 6.50. The second kappa shape index (κ2) is 11.9. The maximum absolute atomic E-state index is 12.1. The lowest BCUT2D eigenvalue weighted by Crippen LogP contribution is -2.50. The molecule has 11 heteroatoms. The Morgan fingerprint density at radius 3 is 2.78 bits per heavy atom. The highest BCUT2D eigenvalue weighted by Gasteiger charge is 2.33. The lowest BCUT2D eigenvalue weighted by Gasteiger charge is -2.33. The summed E-state index contributed by atoms with van der Waals surface area (Å²) in [7, 11) is 1.57. The fourth-order valence-corrected chi connectivity index (χ4v) is 5.51. The van der Waals surface area contributed by atoms with Gasteiger partial charge >= 0.3 is 0 Å². The quantitative estimate of drug-likeness (QED) is 0.333. The zero-order chi connectivity index (χ0) is 25.8. The number of hydrogen-bond donors (Lipinski definition) is 1. The fourth-order valence-electron chi connectivity index (χ4n) is 5.14. The predicted octanol–water partition coefficient (Wildman–Crippen LogP) is 2.98. The van der Waals surface area contributed by atoms with Crippen LogP contribution in [0.1, 0.15) is 37.6 Å². The molecular weight excluding hydrogens is 496 g/mol. The smallest absolute Gasteiger partial charge is 0.240 e. The summed E-state index contributed by atoms with van der Waals surface area (Å²) < 4.78 is 19.0. The third-order valence-electron chi connectivity index (χ3n) is 7.19. The van der Waals surface area contributed by atoms with Gasteiger partial charge in [-0.25, -0.2) is 0 Å². The van der Waals surface area contributed by atoms with Crippen molar-refractivity contribution >= 4 is 28.4 Å². The zero-order valence-electron chi connectivity index (χ0n) is 21.4. The van der Waals surface area contributed by atoms with E-state index >= 15 is 0 Å². The number of carbonyl (C=O) groups excluding carboxylic acids is 1. The van der Waals surface area contributed by atoms with E-state index in [1.807, 2.05) is 6.92 Å². The number of aromatic nitrogens is 3. The predicted molar refractivity (Wildman–Crippen MR) is 139 cm³/mol. The Morgan fingerprint density at radius 1 is 1.19 bits per heavy atom. The summed E-state index contributed by atoms with van der Waals surface area (Å²) in [5.74, 6) is 1.45. The van der Waals surface area contributed by atoms with Crippen molar-refractivity contribution in [2.75, 3.05) is 39.8 Å². The van der Waals surface area contributed by atoms with Gasteiger partial charge in [0.15, 0.2) is 0 Å². The molecular formula is C26H35ClN6O4. The summed E-state index contributed by atoms with van der Waals surface area (Å²) in [5.41, 5.74) is 0.841. The Bertz CT molecular complexity index is 1180. The number of amides is 1. The number of piperazine rings is 1. The first kappa shape index (κ1) is 26.1. The molecule has 0 saturated carbocycles. The molecule has 1 aromatic carbocycles. The van der Waals surface area contributed by atoms with E-state index in [0.717, 1.165) is 45.6 Å². The third-order valence-corrected chi connectivity index (χ3v) is 7.47. The highest BCUT2D eigenvalue weighted by atomic mass is 35.5. The molecule has 4 unspecified atom stereocenters. The van der Waals surface area contributed by atoms with E-state index in [9.17, 15) is 4.79 Å². The second-order valence-electron chi connectivity index (χ2n) is 9.94. The normalized spacial score (nSPS) is 24.4. The fraction of sp³-hybridized carbons (Fsp3) is 0.577. The molecule has 200 valence electrons. The number of alkyl halides is 1. The van der Waals surface area contributed by atoms with Gasteiger partial charge in [-0.2, -0.15) is 4.98 Å². The molecule has 4 atom stereocenters.